The van der Waals surface area contributed by atoms with Crippen molar-refractivity contribution in [3.63, 3.8) is 0 Å². The average Bonchev–Trinajstić information content (AvgIpc) is 2.48. The summed E-state index contributed by atoms with van der Waals surface area (Å²) in [6.45, 7) is -0.0489. The van der Waals surface area contributed by atoms with E-state index in [1.165, 1.54) is 25.4 Å². The van der Waals surface area contributed by atoms with Crippen LogP contribution in [0.1, 0.15) is 15.9 Å². The predicted molar refractivity (Wildman–Crippen MR) is 71.3 cm³/mol. The highest BCUT2D eigenvalue weighted by Crippen LogP contribution is 2.14. The number of nitrogens with zero attached hydrogens (tertiary/aromatic N) is 1. The molecule has 1 heterocycles. The van der Waals surface area contributed by atoms with Gasteiger partial charge in [-0.1, -0.05) is 6.07 Å². The maximum absolute atomic E-state index is 13.9. The van der Waals surface area contributed by atoms with Crippen molar-refractivity contribution in [2.24, 2.45) is 0 Å². The molecule has 0 saturated carbocycles. The molecule has 1 aromatic heterocycles. The molecule has 0 aliphatic carbocycles. The number of benzene rings is 1. The minimum Gasteiger partial charge on any atom is -0.371 e. The number of rotatable bonds is 4. The summed E-state index contributed by atoms with van der Waals surface area (Å²) >= 11 is 0. The first kappa shape index (κ1) is 14.8. The first-order chi connectivity index (χ1) is 10.0. The van der Waals surface area contributed by atoms with Crippen molar-refractivity contribution in [3.8, 4) is 0 Å². The van der Waals surface area contributed by atoms with Gasteiger partial charge in [0.1, 0.15) is 0 Å². The van der Waals surface area contributed by atoms with Gasteiger partial charge in [-0.2, -0.15) is 0 Å². The lowest BCUT2D eigenvalue weighted by molar-refractivity contribution is 0.0946. The largest absolute Gasteiger partial charge is 0.371 e. The second-order valence-electron chi connectivity index (χ2n) is 4.20. The number of hydrogen-bond donors (Lipinski definition) is 2. The van der Waals surface area contributed by atoms with Crippen molar-refractivity contribution in [3.05, 3.63) is 59.0 Å². The highest BCUT2D eigenvalue weighted by molar-refractivity contribution is 5.95. The van der Waals surface area contributed by atoms with Crippen molar-refractivity contribution < 1.29 is 18.0 Å². The maximum Gasteiger partial charge on any atom is 0.254 e. The molecule has 21 heavy (non-hydrogen) atoms. The van der Waals surface area contributed by atoms with Crippen LogP contribution in [0, 0.1) is 17.5 Å². The summed E-state index contributed by atoms with van der Waals surface area (Å²) < 4.78 is 39.7. The lowest BCUT2D eigenvalue weighted by Gasteiger charge is -2.08. The van der Waals surface area contributed by atoms with Crippen LogP contribution in [0.2, 0.25) is 0 Å². The SMILES string of the molecule is CNc1nccc(C(=O)NCc2ccc(F)c(F)c2)c1F. The fourth-order valence-electron chi connectivity index (χ4n) is 1.72. The van der Waals surface area contributed by atoms with E-state index < -0.39 is 23.4 Å². The molecule has 0 aliphatic heterocycles. The van der Waals surface area contributed by atoms with Gasteiger partial charge in [0.25, 0.3) is 5.91 Å². The minimum atomic E-state index is -1.01. The van der Waals surface area contributed by atoms with Gasteiger partial charge in [0.2, 0.25) is 0 Å². The summed E-state index contributed by atoms with van der Waals surface area (Å²) in [5, 5.41) is 4.95. The first-order valence-corrected chi connectivity index (χ1v) is 6.07. The Morgan fingerprint density at radius 2 is 1.95 bits per heavy atom. The summed E-state index contributed by atoms with van der Waals surface area (Å²) in [6, 6.07) is 4.50. The van der Waals surface area contributed by atoms with Gasteiger partial charge in [-0.25, -0.2) is 18.2 Å². The molecule has 0 bridgehead atoms. The predicted octanol–water partition coefficient (Wildman–Crippen LogP) is 2.47. The Hall–Kier alpha value is -2.57. The molecule has 0 atom stereocenters. The normalized spacial score (nSPS) is 10.3. The fourth-order valence-corrected chi connectivity index (χ4v) is 1.72. The van der Waals surface area contributed by atoms with Crippen LogP contribution in [0.4, 0.5) is 19.0 Å². The van der Waals surface area contributed by atoms with Gasteiger partial charge >= 0.3 is 0 Å². The summed E-state index contributed by atoms with van der Waals surface area (Å²) in [7, 11) is 1.48. The lowest BCUT2D eigenvalue weighted by Crippen LogP contribution is -2.24. The van der Waals surface area contributed by atoms with Crippen LogP contribution in [-0.4, -0.2) is 17.9 Å². The zero-order valence-electron chi connectivity index (χ0n) is 11.1. The summed E-state index contributed by atoms with van der Waals surface area (Å²) in [5.74, 6) is -3.47. The fraction of sp³-hybridized carbons (Fsp3) is 0.143. The summed E-state index contributed by atoms with van der Waals surface area (Å²) in [4.78, 5) is 15.6. The molecular weight excluding hydrogens is 283 g/mol. The molecule has 2 aromatic rings. The zero-order chi connectivity index (χ0) is 15.4. The van der Waals surface area contributed by atoms with E-state index in [4.69, 9.17) is 0 Å². The van der Waals surface area contributed by atoms with E-state index in [1.54, 1.807) is 0 Å². The Kier molecular flexibility index (Phi) is 4.42. The third kappa shape index (κ3) is 3.31. The summed E-state index contributed by atoms with van der Waals surface area (Å²) in [5.41, 5.74) is 0.183. The molecule has 110 valence electrons. The van der Waals surface area contributed by atoms with Gasteiger partial charge in [-0.15, -0.1) is 0 Å². The number of anilines is 1. The van der Waals surface area contributed by atoms with Crippen molar-refractivity contribution in [1.82, 2.24) is 10.3 Å². The van der Waals surface area contributed by atoms with E-state index in [2.05, 4.69) is 15.6 Å². The number of nitrogens with one attached hydrogen (secondary N) is 2. The number of halogens is 3. The number of carbonyl (C=O) groups excluding carboxylic acids is 1. The molecule has 0 radical (unpaired) electrons. The van der Waals surface area contributed by atoms with Gasteiger partial charge in [0, 0.05) is 19.8 Å². The van der Waals surface area contributed by atoms with Gasteiger partial charge in [-0.05, 0) is 23.8 Å². The number of pyridine rings is 1. The van der Waals surface area contributed by atoms with Gasteiger partial charge < -0.3 is 10.6 Å². The van der Waals surface area contributed by atoms with E-state index in [0.717, 1.165) is 12.1 Å². The van der Waals surface area contributed by atoms with Gasteiger partial charge in [0.05, 0.1) is 5.56 Å². The molecule has 7 heteroatoms. The summed E-state index contributed by atoms with van der Waals surface area (Å²) in [6.07, 6.45) is 1.29. The zero-order valence-corrected chi connectivity index (χ0v) is 11.1. The maximum atomic E-state index is 13.9. The Morgan fingerprint density at radius 1 is 1.19 bits per heavy atom. The van der Waals surface area contributed by atoms with E-state index in [1.807, 2.05) is 0 Å². The van der Waals surface area contributed by atoms with Crippen LogP contribution in [0.3, 0.4) is 0 Å². The molecule has 0 aliphatic rings. The van der Waals surface area contributed by atoms with Crippen molar-refractivity contribution in [1.29, 1.82) is 0 Å². The molecule has 0 spiro atoms. The molecular formula is C14H12F3N3O. The second kappa shape index (κ2) is 6.25. The smallest absolute Gasteiger partial charge is 0.254 e. The second-order valence-corrected chi connectivity index (χ2v) is 4.20. The lowest BCUT2D eigenvalue weighted by atomic mass is 10.2. The van der Waals surface area contributed by atoms with Gasteiger partial charge in [-0.3, -0.25) is 4.79 Å². The monoisotopic (exact) mass is 295 g/mol. The Labute approximate surface area is 119 Å². The number of amides is 1. The third-order valence-corrected chi connectivity index (χ3v) is 2.81. The topological polar surface area (TPSA) is 54.0 Å². The van der Waals surface area contributed by atoms with Crippen LogP contribution in [-0.2, 0) is 6.54 Å². The Balaban J connectivity index is 2.10. The van der Waals surface area contributed by atoms with Crippen molar-refractivity contribution in [2.45, 2.75) is 6.54 Å². The average molecular weight is 295 g/mol. The Bertz CT molecular complexity index is 677. The highest BCUT2D eigenvalue weighted by atomic mass is 19.2. The third-order valence-electron chi connectivity index (χ3n) is 2.81. The van der Waals surface area contributed by atoms with Crippen LogP contribution in [0.25, 0.3) is 0 Å². The molecule has 1 amide bonds. The van der Waals surface area contributed by atoms with Crippen LogP contribution >= 0.6 is 0 Å². The van der Waals surface area contributed by atoms with E-state index in [0.29, 0.717) is 5.56 Å². The minimum absolute atomic E-state index is 0.0459. The van der Waals surface area contributed by atoms with Crippen LogP contribution in [0.15, 0.2) is 30.5 Å². The number of carbonyl (C=O) groups is 1. The molecule has 0 unspecified atom stereocenters. The Morgan fingerprint density at radius 3 is 2.62 bits per heavy atom. The molecule has 4 nitrogen and oxygen atoms in total. The molecule has 2 rings (SSSR count). The molecule has 2 N–H and O–H groups in total. The number of aromatic nitrogens is 1. The van der Waals surface area contributed by atoms with Crippen LogP contribution < -0.4 is 10.6 Å². The quantitative estimate of drug-likeness (QED) is 0.911. The first-order valence-electron chi connectivity index (χ1n) is 6.07. The number of hydrogen-bond acceptors (Lipinski definition) is 3. The van der Waals surface area contributed by atoms with Crippen molar-refractivity contribution >= 4 is 11.7 Å². The highest BCUT2D eigenvalue weighted by Gasteiger charge is 2.15. The van der Waals surface area contributed by atoms with Crippen LogP contribution in [0.5, 0.6) is 0 Å². The molecule has 1 aromatic carbocycles. The molecule has 0 saturated heterocycles. The molecule has 0 fully saturated rings. The van der Waals surface area contributed by atoms with E-state index in [-0.39, 0.29) is 17.9 Å². The van der Waals surface area contributed by atoms with Gasteiger partial charge in [0.15, 0.2) is 23.3 Å². The standard InChI is InChI=1S/C14H12F3N3O/c1-18-13-12(17)9(4-5-19-13)14(21)20-7-8-2-3-10(15)11(16)6-8/h2-6H,7H2,1H3,(H,18,19)(H,20,21). The van der Waals surface area contributed by atoms with E-state index >= 15 is 0 Å². The van der Waals surface area contributed by atoms with Crippen molar-refractivity contribution in [2.75, 3.05) is 12.4 Å². The van der Waals surface area contributed by atoms with E-state index in [9.17, 15) is 18.0 Å².